The maximum Gasteiger partial charge on any atom is 0.294 e. The zero-order valence-electron chi connectivity index (χ0n) is 9.88. The third-order valence-corrected chi connectivity index (χ3v) is 3.73. The van der Waals surface area contributed by atoms with Crippen LogP contribution in [0.25, 0.3) is 0 Å². The minimum atomic E-state index is -4.19. The molecule has 1 aliphatic rings. The molecule has 1 aromatic rings. The Kier molecular flexibility index (Phi) is 3.25. The zero-order chi connectivity index (χ0) is 12.6. The summed E-state index contributed by atoms with van der Waals surface area (Å²) < 4.78 is 37.4. The van der Waals surface area contributed by atoms with Crippen LogP contribution >= 0.6 is 0 Å². The van der Waals surface area contributed by atoms with E-state index in [1.54, 1.807) is 12.1 Å². The Balaban J connectivity index is 2.38. The topological polar surface area (TPSA) is 63.6 Å². The number of hydrogen-bond donors (Lipinski definition) is 1. The van der Waals surface area contributed by atoms with Crippen LogP contribution in [0.3, 0.4) is 0 Å². The van der Waals surface area contributed by atoms with Crippen LogP contribution in [0.4, 0.5) is 0 Å². The highest BCUT2D eigenvalue weighted by Gasteiger charge is 2.27. The fourth-order valence-electron chi connectivity index (χ4n) is 1.79. The van der Waals surface area contributed by atoms with Gasteiger partial charge in [0.25, 0.3) is 10.1 Å². The molecule has 0 amide bonds. The van der Waals surface area contributed by atoms with Crippen LogP contribution in [-0.2, 0) is 14.9 Å². The molecular formula is C12H16O4S. The van der Waals surface area contributed by atoms with E-state index in [9.17, 15) is 13.0 Å². The quantitative estimate of drug-likeness (QED) is 0.841. The highest BCUT2D eigenvalue weighted by atomic mass is 32.2. The van der Waals surface area contributed by atoms with Gasteiger partial charge in [-0.05, 0) is 32.8 Å². The van der Waals surface area contributed by atoms with E-state index >= 15 is 0 Å². The van der Waals surface area contributed by atoms with Gasteiger partial charge in [0.2, 0.25) is 0 Å². The van der Waals surface area contributed by atoms with Crippen LogP contribution in [0.15, 0.2) is 23.1 Å². The second-order valence-electron chi connectivity index (χ2n) is 4.49. The summed E-state index contributed by atoms with van der Waals surface area (Å²) in [5.74, 6) is 0. The first-order valence-electron chi connectivity index (χ1n) is 5.61. The van der Waals surface area contributed by atoms with E-state index in [1.807, 2.05) is 13.8 Å². The van der Waals surface area contributed by atoms with E-state index in [-0.39, 0.29) is 17.1 Å². The van der Waals surface area contributed by atoms with Gasteiger partial charge in [0.15, 0.2) is 0 Å². The van der Waals surface area contributed by atoms with Gasteiger partial charge in [-0.15, -0.1) is 0 Å². The van der Waals surface area contributed by atoms with Gasteiger partial charge in [-0.25, -0.2) is 0 Å². The first-order chi connectivity index (χ1) is 7.88. The van der Waals surface area contributed by atoms with Gasteiger partial charge in [-0.1, -0.05) is 17.7 Å². The van der Waals surface area contributed by atoms with Crippen LogP contribution in [0.1, 0.15) is 37.0 Å². The van der Waals surface area contributed by atoms with Gasteiger partial charge in [0, 0.05) is 5.56 Å². The summed E-state index contributed by atoms with van der Waals surface area (Å²) in [4.78, 5) is -0.0590. The molecule has 1 aromatic carbocycles. The molecule has 0 bridgehead atoms. The molecule has 0 heterocycles. The largest absolute Gasteiger partial charge is 0.371 e. The highest BCUT2D eigenvalue weighted by Crippen LogP contribution is 2.33. The lowest BCUT2D eigenvalue weighted by Gasteiger charge is -2.16. The first-order valence-corrected chi connectivity index (χ1v) is 7.05. The monoisotopic (exact) mass is 256 g/mol. The standard InChI is InChI=1S/C12H16O4S/c1-8-3-6-12(17(13,14)15)11(7-8)9(2)16-10-4-5-10/h3,6-7,9-10H,4-5H2,1-2H3,(H,13,14,15). The summed E-state index contributed by atoms with van der Waals surface area (Å²) in [6, 6.07) is 4.83. The summed E-state index contributed by atoms with van der Waals surface area (Å²) in [5, 5.41) is 0. The summed E-state index contributed by atoms with van der Waals surface area (Å²) in [5.41, 5.74) is 1.47. The lowest BCUT2D eigenvalue weighted by atomic mass is 10.1. The Bertz CT molecular complexity index is 517. The van der Waals surface area contributed by atoms with Gasteiger partial charge in [-0.3, -0.25) is 4.55 Å². The Labute approximate surface area is 101 Å². The van der Waals surface area contributed by atoms with Crippen LogP contribution in [0, 0.1) is 6.92 Å². The molecule has 17 heavy (non-hydrogen) atoms. The van der Waals surface area contributed by atoms with Crippen molar-refractivity contribution in [1.82, 2.24) is 0 Å². The summed E-state index contributed by atoms with van der Waals surface area (Å²) in [6.07, 6.45) is 1.97. The van der Waals surface area contributed by atoms with Crippen LogP contribution in [-0.4, -0.2) is 19.1 Å². The molecule has 1 aliphatic carbocycles. The van der Waals surface area contributed by atoms with Gasteiger partial charge in [0.05, 0.1) is 17.1 Å². The molecule has 0 saturated heterocycles. The Morgan fingerprint density at radius 2 is 2.06 bits per heavy atom. The minimum Gasteiger partial charge on any atom is -0.371 e. The Hall–Kier alpha value is -0.910. The molecule has 0 spiro atoms. The fraction of sp³-hybridized carbons (Fsp3) is 0.500. The van der Waals surface area contributed by atoms with Crippen molar-refractivity contribution in [3.05, 3.63) is 29.3 Å². The summed E-state index contributed by atoms with van der Waals surface area (Å²) >= 11 is 0. The third kappa shape index (κ3) is 3.06. The molecule has 0 aromatic heterocycles. The highest BCUT2D eigenvalue weighted by molar-refractivity contribution is 7.85. The molecule has 4 nitrogen and oxygen atoms in total. The van der Waals surface area contributed by atoms with E-state index in [0.717, 1.165) is 18.4 Å². The summed E-state index contributed by atoms with van der Waals surface area (Å²) in [7, 11) is -4.19. The van der Waals surface area contributed by atoms with Gasteiger partial charge in [0.1, 0.15) is 0 Å². The maximum atomic E-state index is 11.3. The van der Waals surface area contributed by atoms with Gasteiger partial charge >= 0.3 is 0 Å². The van der Waals surface area contributed by atoms with Crippen molar-refractivity contribution in [1.29, 1.82) is 0 Å². The number of ether oxygens (including phenoxy) is 1. The zero-order valence-corrected chi connectivity index (χ0v) is 10.7. The SMILES string of the molecule is Cc1ccc(S(=O)(=O)O)c(C(C)OC2CC2)c1. The van der Waals surface area contributed by atoms with E-state index < -0.39 is 10.1 Å². The molecule has 1 atom stereocenters. The number of aryl methyl sites for hydroxylation is 1. The second-order valence-corrected chi connectivity index (χ2v) is 5.88. The molecule has 1 unspecified atom stereocenters. The van der Waals surface area contributed by atoms with Crippen molar-refractivity contribution in [2.75, 3.05) is 0 Å². The van der Waals surface area contributed by atoms with E-state index in [2.05, 4.69) is 0 Å². The van der Waals surface area contributed by atoms with Crippen molar-refractivity contribution < 1.29 is 17.7 Å². The fourth-order valence-corrected chi connectivity index (χ4v) is 2.55. The average Bonchev–Trinajstić information content (AvgIpc) is 2.99. The van der Waals surface area contributed by atoms with Crippen LogP contribution in [0.5, 0.6) is 0 Å². The molecule has 0 radical (unpaired) electrons. The minimum absolute atomic E-state index is 0.0590. The van der Waals surface area contributed by atoms with Gasteiger partial charge < -0.3 is 4.74 Å². The van der Waals surface area contributed by atoms with E-state index in [4.69, 9.17) is 4.74 Å². The van der Waals surface area contributed by atoms with E-state index in [0.29, 0.717) is 5.56 Å². The number of rotatable bonds is 4. The van der Waals surface area contributed by atoms with E-state index in [1.165, 1.54) is 6.07 Å². The molecular weight excluding hydrogens is 240 g/mol. The lowest BCUT2D eigenvalue weighted by Crippen LogP contribution is -2.09. The van der Waals surface area contributed by atoms with Crippen LogP contribution in [0.2, 0.25) is 0 Å². The molecule has 1 saturated carbocycles. The smallest absolute Gasteiger partial charge is 0.294 e. The third-order valence-electron chi connectivity index (χ3n) is 2.80. The van der Waals surface area contributed by atoms with Crippen LogP contribution < -0.4 is 0 Å². The van der Waals surface area contributed by atoms with Crippen molar-refractivity contribution in [2.24, 2.45) is 0 Å². The van der Waals surface area contributed by atoms with Crippen molar-refractivity contribution >= 4 is 10.1 Å². The normalized spacial score (nSPS) is 18.1. The summed E-state index contributed by atoms with van der Waals surface area (Å²) in [6.45, 7) is 3.68. The average molecular weight is 256 g/mol. The van der Waals surface area contributed by atoms with Gasteiger partial charge in [-0.2, -0.15) is 8.42 Å². The van der Waals surface area contributed by atoms with Crippen molar-refractivity contribution in [2.45, 2.75) is 43.8 Å². The molecule has 1 N–H and O–H groups in total. The molecule has 5 heteroatoms. The first kappa shape index (κ1) is 12.5. The predicted molar refractivity (Wildman–Crippen MR) is 63.5 cm³/mol. The molecule has 2 rings (SSSR count). The number of hydrogen-bond acceptors (Lipinski definition) is 3. The Morgan fingerprint density at radius 1 is 1.41 bits per heavy atom. The predicted octanol–water partition coefficient (Wildman–Crippen LogP) is 2.48. The van der Waals surface area contributed by atoms with Crippen molar-refractivity contribution in [3.8, 4) is 0 Å². The maximum absolute atomic E-state index is 11.3. The number of benzene rings is 1. The lowest BCUT2D eigenvalue weighted by molar-refractivity contribution is 0.0500. The molecule has 1 fully saturated rings. The molecule has 0 aliphatic heterocycles. The second kappa shape index (κ2) is 4.40. The molecule has 94 valence electrons. The van der Waals surface area contributed by atoms with Crippen molar-refractivity contribution in [3.63, 3.8) is 0 Å². The Morgan fingerprint density at radius 3 is 2.59 bits per heavy atom.